The number of ether oxygens (including phenoxy) is 2. The van der Waals surface area contributed by atoms with E-state index in [4.69, 9.17) is 9.47 Å². The van der Waals surface area contributed by atoms with Crippen molar-refractivity contribution < 1.29 is 32.3 Å². The molecule has 3 amide bonds. The van der Waals surface area contributed by atoms with E-state index in [2.05, 4.69) is 10.6 Å². The fourth-order valence-corrected chi connectivity index (χ4v) is 7.14. The van der Waals surface area contributed by atoms with E-state index in [1.165, 1.54) is 0 Å². The molecule has 0 spiro atoms. The molecule has 1 aliphatic heterocycles. The second-order valence-electron chi connectivity index (χ2n) is 11.9. The summed E-state index contributed by atoms with van der Waals surface area (Å²) in [4.78, 5) is 40.4. The summed E-state index contributed by atoms with van der Waals surface area (Å²) in [5.74, 6) is -0.985. The average Bonchev–Trinajstić information content (AvgIpc) is 2.91. The minimum atomic E-state index is -3.59. The van der Waals surface area contributed by atoms with Crippen LogP contribution in [0.5, 0.6) is 5.75 Å². The fourth-order valence-electron chi connectivity index (χ4n) is 5.21. The average molecular weight is 580 g/mol. The maximum absolute atomic E-state index is 13.2. The van der Waals surface area contributed by atoms with Crippen LogP contribution in [0.4, 0.5) is 4.79 Å². The van der Waals surface area contributed by atoms with Gasteiger partial charge in [-0.1, -0.05) is 31.4 Å². The van der Waals surface area contributed by atoms with E-state index in [1.54, 1.807) is 44.9 Å². The zero-order valence-electron chi connectivity index (χ0n) is 24.2. The van der Waals surface area contributed by atoms with Gasteiger partial charge in [-0.15, -0.1) is 0 Å². The van der Waals surface area contributed by atoms with Crippen molar-refractivity contribution in [2.45, 2.75) is 83.9 Å². The van der Waals surface area contributed by atoms with Gasteiger partial charge in [0.05, 0.1) is 18.6 Å². The SMILES string of the molecule is COc1ccc(CNC(=O)[C@H](CS(=O)(=O)CC2CCCCC2)NC(=O)C2CCN(C(=O)OC(C)(C)C)CC2)cc1. The lowest BCUT2D eigenvalue weighted by atomic mass is 9.91. The minimum absolute atomic E-state index is 0.0272. The van der Waals surface area contributed by atoms with Crippen LogP contribution in [-0.4, -0.2) is 74.6 Å². The molecule has 1 atom stereocenters. The van der Waals surface area contributed by atoms with E-state index < -0.39 is 45.2 Å². The number of sulfone groups is 1. The minimum Gasteiger partial charge on any atom is -0.497 e. The topological polar surface area (TPSA) is 131 Å². The molecule has 11 heteroatoms. The van der Waals surface area contributed by atoms with Crippen LogP contribution in [-0.2, 0) is 30.7 Å². The van der Waals surface area contributed by atoms with Gasteiger partial charge in [0.15, 0.2) is 9.84 Å². The van der Waals surface area contributed by atoms with Crippen molar-refractivity contribution >= 4 is 27.7 Å². The summed E-state index contributed by atoms with van der Waals surface area (Å²) in [7, 11) is -2.02. The number of methoxy groups -OCH3 is 1. The first-order valence-electron chi connectivity index (χ1n) is 14.2. The summed E-state index contributed by atoms with van der Waals surface area (Å²) in [5, 5.41) is 5.52. The van der Waals surface area contributed by atoms with Gasteiger partial charge < -0.3 is 25.0 Å². The first kappa shape index (κ1) is 31.7. The number of nitrogens with one attached hydrogen (secondary N) is 2. The van der Waals surface area contributed by atoms with Gasteiger partial charge in [0.25, 0.3) is 0 Å². The van der Waals surface area contributed by atoms with Crippen molar-refractivity contribution in [1.82, 2.24) is 15.5 Å². The van der Waals surface area contributed by atoms with Crippen LogP contribution in [0, 0.1) is 11.8 Å². The summed E-state index contributed by atoms with van der Waals surface area (Å²) < 4.78 is 36.9. The molecule has 40 heavy (non-hydrogen) atoms. The van der Waals surface area contributed by atoms with E-state index in [9.17, 15) is 22.8 Å². The standard InChI is InChI=1S/C29H45N3O7S/c1-29(2,3)39-28(35)32-16-14-23(15-17-32)26(33)31-25(20-40(36,37)19-22-8-6-5-7-9-22)27(34)30-18-21-10-12-24(38-4)13-11-21/h10-13,22-23,25H,5-9,14-20H2,1-4H3,(H,30,34)(H,31,33)/t25-/m0/s1. The van der Waals surface area contributed by atoms with Crippen molar-refractivity contribution in [3.05, 3.63) is 29.8 Å². The molecule has 0 unspecified atom stereocenters. The number of rotatable bonds is 10. The molecule has 1 heterocycles. The second kappa shape index (κ2) is 14.2. The Morgan fingerprint density at radius 1 is 1.00 bits per heavy atom. The van der Waals surface area contributed by atoms with Gasteiger partial charge in [0.2, 0.25) is 11.8 Å². The van der Waals surface area contributed by atoms with Crippen LogP contribution in [0.15, 0.2) is 24.3 Å². The summed E-state index contributed by atoms with van der Waals surface area (Å²) in [5.41, 5.74) is 0.208. The highest BCUT2D eigenvalue weighted by Crippen LogP contribution is 2.25. The maximum Gasteiger partial charge on any atom is 0.410 e. The number of hydrogen-bond donors (Lipinski definition) is 2. The highest BCUT2D eigenvalue weighted by atomic mass is 32.2. The van der Waals surface area contributed by atoms with E-state index in [0.29, 0.717) is 31.7 Å². The Morgan fingerprint density at radius 2 is 1.62 bits per heavy atom. The van der Waals surface area contributed by atoms with Gasteiger partial charge in [-0.25, -0.2) is 13.2 Å². The van der Waals surface area contributed by atoms with E-state index >= 15 is 0 Å². The third-order valence-corrected chi connectivity index (χ3v) is 9.23. The Hall–Kier alpha value is -2.82. The van der Waals surface area contributed by atoms with Gasteiger partial charge in [0.1, 0.15) is 17.4 Å². The Morgan fingerprint density at radius 3 is 2.20 bits per heavy atom. The molecule has 1 aromatic carbocycles. The molecule has 0 bridgehead atoms. The van der Waals surface area contributed by atoms with Crippen molar-refractivity contribution in [2.75, 3.05) is 31.7 Å². The van der Waals surface area contributed by atoms with Crippen LogP contribution in [0.3, 0.4) is 0 Å². The van der Waals surface area contributed by atoms with Gasteiger partial charge in [-0.2, -0.15) is 0 Å². The first-order valence-corrected chi connectivity index (χ1v) is 16.1. The lowest BCUT2D eigenvalue weighted by Crippen LogP contribution is -2.53. The summed E-state index contributed by atoms with van der Waals surface area (Å²) in [6.45, 7) is 6.28. The van der Waals surface area contributed by atoms with Crippen LogP contribution < -0.4 is 15.4 Å². The molecule has 1 saturated heterocycles. The summed E-state index contributed by atoms with van der Waals surface area (Å²) in [6, 6.07) is 5.97. The molecule has 224 valence electrons. The molecule has 1 aromatic rings. The zero-order valence-corrected chi connectivity index (χ0v) is 25.1. The molecule has 0 radical (unpaired) electrons. The molecular weight excluding hydrogens is 534 g/mol. The Balaban J connectivity index is 1.63. The van der Waals surface area contributed by atoms with Crippen molar-refractivity contribution in [1.29, 1.82) is 0 Å². The predicted octanol–water partition coefficient (Wildman–Crippen LogP) is 3.44. The van der Waals surface area contributed by atoms with E-state index in [-0.39, 0.29) is 24.1 Å². The van der Waals surface area contributed by atoms with Gasteiger partial charge in [-0.3, -0.25) is 9.59 Å². The molecule has 1 saturated carbocycles. The number of likely N-dealkylation sites (tertiary alicyclic amines) is 1. The van der Waals surface area contributed by atoms with E-state index in [0.717, 1.165) is 37.7 Å². The van der Waals surface area contributed by atoms with Crippen molar-refractivity contribution in [3.63, 3.8) is 0 Å². The Bertz CT molecular complexity index is 1100. The van der Waals surface area contributed by atoms with Crippen LogP contribution in [0.1, 0.15) is 71.3 Å². The Kier molecular flexibility index (Phi) is 11.2. The molecule has 10 nitrogen and oxygen atoms in total. The van der Waals surface area contributed by atoms with Gasteiger partial charge in [0, 0.05) is 25.6 Å². The zero-order chi connectivity index (χ0) is 29.3. The number of amides is 3. The molecule has 1 aliphatic carbocycles. The molecule has 2 fully saturated rings. The number of piperidine rings is 1. The third kappa shape index (κ3) is 10.3. The van der Waals surface area contributed by atoms with E-state index in [1.807, 2.05) is 12.1 Å². The number of benzene rings is 1. The summed E-state index contributed by atoms with van der Waals surface area (Å²) >= 11 is 0. The monoisotopic (exact) mass is 579 g/mol. The molecule has 2 N–H and O–H groups in total. The molecule has 3 rings (SSSR count). The lowest BCUT2D eigenvalue weighted by Gasteiger charge is -2.33. The van der Waals surface area contributed by atoms with Crippen LogP contribution >= 0.6 is 0 Å². The smallest absolute Gasteiger partial charge is 0.410 e. The third-order valence-electron chi connectivity index (χ3n) is 7.41. The molecular formula is C29H45N3O7S. The predicted molar refractivity (Wildman–Crippen MR) is 153 cm³/mol. The van der Waals surface area contributed by atoms with Crippen LogP contribution in [0.2, 0.25) is 0 Å². The number of nitrogens with zero attached hydrogens (tertiary/aromatic N) is 1. The maximum atomic E-state index is 13.2. The number of carbonyl (C=O) groups excluding carboxylic acids is 3. The van der Waals surface area contributed by atoms with Crippen LogP contribution in [0.25, 0.3) is 0 Å². The second-order valence-corrected chi connectivity index (χ2v) is 14.1. The number of hydrogen-bond acceptors (Lipinski definition) is 7. The highest BCUT2D eigenvalue weighted by Gasteiger charge is 2.34. The quantitative estimate of drug-likeness (QED) is 0.434. The highest BCUT2D eigenvalue weighted by molar-refractivity contribution is 7.91. The van der Waals surface area contributed by atoms with Crippen molar-refractivity contribution in [2.24, 2.45) is 11.8 Å². The Labute approximate surface area is 238 Å². The molecule has 0 aromatic heterocycles. The normalized spacial score (nSPS) is 18.1. The molecule has 2 aliphatic rings. The number of carbonyl (C=O) groups is 3. The summed E-state index contributed by atoms with van der Waals surface area (Å²) in [6.07, 6.45) is 5.29. The van der Waals surface area contributed by atoms with Gasteiger partial charge >= 0.3 is 6.09 Å². The first-order chi connectivity index (χ1) is 18.8. The lowest BCUT2D eigenvalue weighted by molar-refractivity contribution is -0.131. The fraction of sp³-hybridized carbons (Fsp3) is 0.690. The largest absolute Gasteiger partial charge is 0.497 e. The van der Waals surface area contributed by atoms with Gasteiger partial charge in [-0.05, 0) is 70.1 Å². The van der Waals surface area contributed by atoms with Crippen molar-refractivity contribution in [3.8, 4) is 5.75 Å².